The number of benzene rings is 3. The Balaban J connectivity index is 1.37. The molecule has 3 N–H and O–H groups in total. The van der Waals surface area contributed by atoms with Crippen LogP contribution >= 0.6 is 0 Å². The number of rotatable bonds is 5. The molecule has 0 spiro atoms. The molecule has 150 valence electrons. The molecule has 1 fully saturated rings. The topological polar surface area (TPSA) is 75.4 Å². The normalized spacial score (nSPS) is 15.2. The van der Waals surface area contributed by atoms with Gasteiger partial charge >= 0.3 is 0 Å². The maximum atomic E-state index is 12.9. The molecule has 2 amide bonds. The summed E-state index contributed by atoms with van der Waals surface area (Å²) in [5.74, 6) is 0.514. The summed E-state index contributed by atoms with van der Waals surface area (Å²) >= 11 is 0. The Kier molecular flexibility index (Phi) is 4.51. The van der Waals surface area contributed by atoms with E-state index in [4.69, 9.17) is 5.73 Å². The highest BCUT2D eigenvalue weighted by atomic mass is 16.2. The molecule has 5 heteroatoms. The molecule has 5 nitrogen and oxygen atoms in total. The highest BCUT2D eigenvalue weighted by molar-refractivity contribution is 6.08. The van der Waals surface area contributed by atoms with Gasteiger partial charge in [0.25, 0.3) is 5.91 Å². The molecule has 3 aromatic carbocycles. The summed E-state index contributed by atoms with van der Waals surface area (Å²) < 4.78 is 0. The zero-order valence-corrected chi connectivity index (χ0v) is 16.6. The molecular weight excluding hydrogens is 374 g/mol. The van der Waals surface area contributed by atoms with Gasteiger partial charge in [0.2, 0.25) is 5.91 Å². The molecule has 3 aromatic rings. The first-order valence-electron chi connectivity index (χ1n) is 10.3. The van der Waals surface area contributed by atoms with Crippen molar-refractivity contribution in [3.05, 3.63) is 77.9 Å². The van der Waals surface area contributed by atoms with Crippen LogP contribution in [-0.4, -0.2) is 18.4 Å². The largest absolute Gasteiger partial charge is 0.397 e. The lowest BCUT2D eigenvalue weighted by Gasteiger charge is -2.17. The fraction of sp³-hybridized carbons (Fsp3) is 0.200. The lowest BCUT2D eigenvalue weighted by atomic mass is 10.0. The van der Waals surface area contributed by atoms with Crippen LogP contribution in [0.5, 0.6) is 0 Å². The zero-order valence-electron chi connectivity index (χ0n) is 16.6. The Morgan fingerprint density at radius 3 is 2.57 bits per heavy atom. The number of carbonyl (C=O) groups is 2. The lowest BCUT2D eigenvalue weighted by Crippen LogP contribution is -2.28. The highest BCUT2D eigenvalue weighted by Crippen LogP contribution is 2.36. The van der Waals surface area contributed by atoms with Gasteiger partial charge in [0.1, 0.15) is 0 Å². The second kappa shape index (κ2) is 7.34. The molecule has 30 heavy (non-hydrogen) atoms. The highest BCUT2D eigenvalue weighted by Gasteiger charge is 2.33. The number of carbonyl (C=O) groups excluding carboxylic acids is 2. The summed E-state index contributed by atoms with van der Waals surface area (Å²) in [6.07, 6.45) is 2.75. The molecule has 0 atom stereocenters. The van der Waals surface area contributed by atoms with Gasteiger partial charge in [0.15, 0.2) is 0 Å². The Morgan fingerprint density at radius 2 is 1.80 bits per heavy atom. The van der Waals surface area contributed by atoms with Crippen molar-refractivity contribution in [1.82, 2.24) is 0 Å². The Morgan fingerprint density at radius 1 is 1.00 bits per heavy atom. The Bertz CT molecular complexity index is 1140. The van der Waals surface area contributed by atoms with Crippen LogP contribution in [0.4, 0.5) is 17.1 Å². The van der Waals surface area contributed by atoms with E-state index in [9.17, 15) is 9.59 Å². The van der Waals surface area contributed by atoms with Crippen LogP contribution in [-0.2, 0) is 11.2 Å². The van der Waals surface area contributed by atoms with Crippen molar-refractivity contribution >= 4 is 28.9 Å². The third-order valence-electron chi connectivity index (χ3n) is 5.82. The molecule has 0 saturated heterocycles. The van der Waals surface area contributed by atoms with Gasteiger partial charge in [0, 0.05) is 17.8 Å². The zero-order chi connectivity index (χ0) is 20.7. The van der Waals surface area contributed by atoms with Crippen molar-refractivity contribution in [1.29, 1.82) is 0 Å². The van der Waals surface area contributed by atoms with E-state index in [2.05, 4.69) is 5.32 Å². The fourth-order valence-electron chi connectivity index (χ4n) is 3.95. The van der Waals surface area contributed by atoms with E-state index in [0.717, 1.165) is 28.9 Å². The van der Waals surface area contributed by atoms with Gasteiger partial charge in [0.05, 0.1) is 17.8 Å². The fourth-order valence-corrected chi connectivity index (χ4v) is 3.95. The van der Waals surface area contributed by atoms with Crippen LogP contribution in [0.25, 0.3) is 11.1 Å². The van der Waals surface area contributed by atoms with Crippen LogP contribution in [0.3, 0.4) is 0 Å². The molecule has 1 aliphatic heterocycles. The van der Waals surface area contributed by atoms with Gasteiger partial charge in [-0.3, -0.25) is 9.59 Å². The van der Waals surface area contributed by atoms with Crippen LogP contribution in [0, 0.1) is 5.92 Å². The first-order chi connectivity index (χ1) is 14.6. The summed E-state index contributed by atoms with van der Waals surface area (Å²) in [5.41, 5.74) is 11.6. The van der Waals surface area contributed by atoms with Gasteiger partial charge in [-0.25, -0.2) is 0 Å². The second-order valence-electron chi connectivity index (χ2n) is 8.09. The first kappa shape index (κ1) is 18.4. The van der Waals surface area contributed by atoms with Gasteiger partial charge in [-0.1, -0.05) is 36.4 Å². The smallest absolute Gasteiger partial charge is 0.255 e. The minimum absolute atomic E-state index is 0.120. The maximum absolute atomic E-state index is 12.9. The molecular formula is C25H23N3O2. The van der Waals surface area contributed by atoms with Gasteiger partial charge in [-0.2, -0.15) is 0 Å². The van der Waals surface area contributed by atoms with E-state index in [1.807, 2.05) is 59.5 Å². The van der Waals surface area contributed by atoms with Crippen molar-refractivity contribution in [3.63, 3.8) is 0 Å². The molecule has 5 rings (SSSR count). The van der Waals surface area contributed by atoms with E-state index < -0.39 is 0 Å². The van der Waals surface area contributed by atoms with Crippen molar-refractivity contribution < 1.29 is 9.59 Å². The molecule has 0 radical (unpaired) electrons. The minimum Gasteiger partial charge on any atom is -0.397 e. The minimum atomic E-state index is -0.234. The van der Waals surface area contributed by atoms with E-state index >= 15 is 0 Å². The van der Waals surface area contributed by atoms with E-state index in [0.29, 0.717) is 29.3 Å². The SMILES string of the molecule is Nc1ccc(-c2ccccc2)cc1NC(=O)c1ccc2c(c1)CC(=O)N2CC1CC1. The van der Waals surface area contributed by atoms with Crippen molar-refractivity contribution in [2.24, 2.45) is 5.92 Å². The molecule has 1 heterocycles. The lowest BCUT2D eigenvalue weighted by molar-refractivity contribution is -0.117. The number of fused-ring (bicyclic) bond motifs is 1. The quantitative estimate of drug-likeness (QED) is 0.623. The first-order valence-corrected chi connectivity index (χ1v) is 10.3. The molecule has 2 aliphatic rings. The number of hydrogen-bond donors (Lipinski definition) is 2. The number of nitrogen functional groups attached to an aromatic ring is 1. The van der Waals surface area contributed by atoms with E-state index in [1.165, 1.54) is 12.8 Å². The molecule has 1 aliphatic carbocycles. The summed E-state index contributed by atoms with van der Waals surface area (Å²) in [6.45, 7) is 0.792. The number of nitrogens with one attached hydrogen (secondary N) is 1. The van der Waals surface area contributed by atoms with Crippen LogP contribution in [0.2, 0.25) is 0 Å². The van der Waals surface area contributed by atoms with Crippen LogP contribution in [0.15, 0.2) is 66.7 Å². The van der Waals surface area contributed by atoms with E-state index in [-0.39, 0.29) is 11.8 Å². The van der Waals surface area contributed by atoms with Gasteiger partial charge in [-0.15, -0.1) is 0 Å². The Hall–Kier alpha value is -3.60. The number of anilines is 3. The number of nitrogens with zero attached hydrogens (tertiary/aromatic N) is 1. The third kappa shape index (κ3) is 3.54. The summed E-state index contributed by atoms with van der Waals surface area (Å²) in [6, 6.07) is 21.1. The summed E-state index contributed by atoms with van der Waals surface area (Å²) in [5, 5.41) is 2.93. The monoisotopic (exact) mass is 397 g/mol. The standard InChI is InChI=1S/C25H23N3O2/c26-21-10-8-18(17-4-2-1-3-5-17)13-22(21)27-25(30)19-9-11-23-20(12-19)14-24(29)28(23)15-16-6-7-16/h1-5,8-13,16H,6-7,14-15,26H2,(H,27,30). The summed E-state index contributed by atoms with van der Waals surface area (Å²) in [7, 11) is 0. The van der Waals surface area contributed by atoms with Crippen LogP contribution in [0.1, 0.15) is 28.8 Å². The second-order valence-corrected chi connectivity index (χ2v) is 8.09. The average Bonchev–Trinajstić information content (AvgIpc) is 3.53. The molecule has 0 aromatic heterocycles. The van der Waals surface area contributed by atoms with Crippen molar-refractivity contribution in [2.75, 3.05) is 22.5 Å². The van der Waals surface area contributed by atoms with E-state index in [1.54, 1.807) is 12.1 Å². The molecule has 1 saturated carbocycles. The van der Waals surface area contributed by atoms with Crippen LogP contribution < -0.4 is 16.0 Å². The van der Waals surface area contributed by atoms with Gasteiger partial charge in [-0.05, 0) is 65.8 Å². The third-order valence-corrected chi connectivity index (χ3v) is 5.82. The average molecular weight is 397 g/mol. The summed E-state index contributed by atoms with van der Waals surface area (Å²) in [4.78, 5) is 27.2. The number of amides is 2. The maximum Gasteiger partial charge on any atom is 0.255 e. The predicted octanol–water partition coefficient (Wildman–Crippen LogP) is 4.49. The number of hydrogen-bond acceptors (Lipinski definition) is 3. The molecule has 0 unspecified atom stereocenters. The Labute approximate surface area is 175 Å². The van der Waals surface area contributed by atoms with Crippen molar-refractivity contribution in [3.8, 4) is 11.1 Å². The van der Waals surface area contributed by atoms with Gasteiger partial charge < -0.3 is 16.0 Å². The predicted molar refractivity (Wildman–Crippen MR) is 119 cm³/mol. The molecule has 0 bridgehead atoms. The van der Waals surface area contributed by atoms with Crippen molar-refractivity contribution in [2.45, 2.75) is 19.3 Å². The number of nitrogens with two attached hydrogens (primary N) is 1.